The highest BCUT2D eigenvalue weighted by Gasteiger charge is 2.10. The molecule has 26 heavy (non-hydrogen) atoms. The van der Waals surface area contributed by atoms with Gasteiger partial charge in [-0.15, -0.1) is 0 Å². The molecule has 2 N–H and O–H groups in total. The van der Waals surface area contributed by atoms with Crippen LogP contribution in [0.3, 0.4) is 0 Å². The predicted molar refractivity (Wildman–Crippen MR) is 99.9 cm³/mol. The first kappa shape index (κ1) is 17.9. The lowest BCUT2D eigenvalue weighted by Crippen LogP contribution is -2.23. The van der Waals surface area contributed by atoms with Gasteiger partial charge < -0.3 is 19.7 Å². The molecule has 1 heterocycles. The van der Waals surface area contributed by atoms with E-state index in [1.807, 2.05) is 54.0 Å². The standard InChI is InChI=1S/C20H23N3O3/c1-14-9-16(10-21-15(2)24)7-8-20(14)26-12-17(25)11-23-13-22-18-5-3-4-6-19(18)23/h3-9,13,17,25H,10-12H2,1-2H3,(H,21,24). The van der Waals surface area contributed by atoms with Crippen molar-refractivity contribution < 1.29 is 14.6 Å². The van der Waals surface area contributed by atoms with Gasteiger partial charge in [0.25, 0.3) is 0 Å². The highest BCUT2D eigenvalue weighted by atomic mass is 16.5. The van der Waals surface area contributed by atoms with Gasteiger partial charge in [-0.25, -0.2) is 4.98 Å². The zero-order valence-electron chi connectivity index (χ0n) is 15.0. The molecule has 0 spiro atoms. The summed E-state index contributed by atoms with van der Waals surface area (Å²) >= 11 is 0. The van der Waals surface area contributed by atoms with Gasteiger partial charge in [0.15, 0.2) is 0 Å². The van der Waals surface area contributed by atoms with E-state index in [0.717, 1.165) is 27.9 Å². The fraction of sp³-hybridized carbons (Fsp3) is 0.300. The molecule has 136 valence electrons. The maximum absolute atomic E-state index is 11.0. The molecule has 0 bridgehead atoms. The summed E-state index contributed by atoms with van der Waals surface area (Å²) in [5, 5.41) is 13.1. The Morgan fingerprint density at radius 1 is 1.31 bits per heavy atom. The molecular weight excluding hydrogens is 330 g/mol. The Morgan fingerprint density at radius 2 is 2.12 bits per heavy atom. The number of para-hydroxylation sites is 2. The summed E-state index contributed by atoms with van der Waals surface area (Å²) in [6.07, 6.45) is 1.08. The third-order valence-electron chi connectivity index (χ3n) is 4.15. The molecule has 2 aromatic carbocycles. The molecule has 1 atom stereocenters. The highest BCUT2D eigenvalue weighted by molar-refractivity contribution is 5.75. The molecule has 1 amide bonds. The molecule has 1 unspecified atom stereocenters. The van der Waals surface area contributed by atoms with E-state index in [9.17, 15) is 9.90 Å². The summed E-state index contributed by atoms with van der Waals surface area (Å²) in [4.78, 5) is 15.3. The van der Waals surface area contributed by atoms with Crippen molar-refractivity contribution in [2.75, 3.05) is 6.61 Å². The number of ether oxygens (including phenoxy) is 1. The van der Waals surface area contributed by atoms with E-state index in [0.29, 0.717) is 13.1 Å². The van der Waals surface area contributed by atoms with E-state index < -0.39 is 6.10 Å². The van der Waals surface area contributed by atoms with Gasteiger partial charge in [-0.05, 0) is 36.2 Å². The third kappa shape index (κ3) is 4.40. The number of nitrogens with one attached hydrogen (secondary N) is 1. The lowest BCUT2D eigenvalue weighted by molar-refractivity contribution is -0.119. The largest absolute Gasteiger partial charge is 0.491 e. The minimum absolute atomic E-state index is 0.0573. The summed E-state index contributed by atoms with van der Waals surface area (Å²) in [5.74, 6) is 0.671. The summed E-state index contributed by atoms with van der Waals surface area (Å²) in [5.41, 5.74) is 3.87. The van der Waals surface area contributed by atoms with Gasteiger partial charge in [-0.2, -0.15) is 0 Å². The molecule has 0 fully saturated rings. The molecule has 1 aromatic heterocycles. The van der Waals surface area contributed by atoms with Crippen LogP contribution in [-0.2, 0) is 17.9 Å². The summed E-state index contributed by atoms with van der Waals surface area (Å²) in [6, 6.07) is 13.6. The second-order valence-corrected chi connectivity index (χ2v) is 6.36. The maximum atomic E-state index is 11.0. The molecule has 0 aliphatic carbocycles. The fourth-order valence-corrected chi connectivity index (χ4v) is 2.83. The molecule has 0 aliphatic heterocycles. The number of carbonyl (C=O) groups is 1. The number of aromatic nitrogens is 2. The van der Waals surface area contributed by atoms with Crippen molar-refractivity contribution in [1.82, 2.24) is 14.9 Å². The van der Waals surface area contributed by atoms with E-state index >= 15 is 0 Å². The van der Waals surface area contributed by atoms with E-state index in [2.05, 4.69) is 10.3 Å². The van der Waals surface area contributed by atoms with Crippen LogP contribution in [0.15, 0.2) is 48.8 Å². The molecule has 3 rings (SSSR count). The van der Waals surface area contributed by atoms with Crippen molar-refractivity contribution in [2.45, 2.75) is 33.0 Å². The Labute approximate surface area is 152 Å². The number of carbonyl (C=O) groups excluding carboxylic acids is 1. The van der Waals surface area contributed by atoms with Gasteiger partial charge in [-0.1, -0.05) is 24.3 Å². The van der Waals surface area contributed by atoms with Gasteiger partial charge in [0.05, 0.1) is 23.9 Å². The van der Waals surface area contributed by atoms with Gasteiger partial charge in [0.1, 0.15) is 18.5 Å². The number of nitrogens with zero attached hydrogens (tertiary/aromatic N) is 2. The van der Waals surface area contributed by atoms with Gasteiger partial charge in [0, 0.05) is 13.5 Å². The highest BCUT2D eigenvalue weighted by Crippen LogP contribution is 2.20. The van der Waals surface area contributed by atoms with E-state index in [-0.39, 0.29) is 12.5 Å². The molecule has 0 saturated heterocycles. The van der Waals surface area contributed by atoms with E-state index in [1.165, 1.54) is 6.92 Å². The SMILES string of the molecule is CC(=O)NCc1ccc(OCC(O)Cn2cnc3ccccc32)c(C)c1. The Hall–Kier alpha value is -2.86. The maximum Gasteiger partial charge on any atom is 0.217 e. The van der Waals surface area contributed by atoms with Crippen molar-refractivity contribution in [3.63, 3.8) is 0 Å². The van der Waals surface area contributed by atoms with Crippen LogP contribution in [0, 0.1) is 6.92 Å². The van der Waals surface area contributed by atoms with Crippen molar-refractivity contribution in [2.24, 2.45) is 0 Å². The first-order chi connectivity index (χ1) is 12.5. The van der Waals surface area contributed by atoms with Crippen LogP contribution < -0.4 is 10.1 Å². The molecule has 0 radical (unpaired) electrons. The van der Waals surface area contributed by atoms with Crippen LogP contribution in [-0.4, -0.2) is 33.3 Å². The number of aryl methyl sites for hydroxylation is 1. The first-order valence-electron chi connectivity index (χ1n) is 8.57. The number of hydrogen-bond acceptors (Lipinski definition) is 4. The van der Waals surface area contributed by atoms with Crippen molar-refractivity contribution in [3.8, 4) is 5.75 Å². The second kappa shape index (κ2) is 8.01. The van der Waals surface area contributed by atoms with Gasteiger partial charge in [-0.3, -0.25) is 4.79 Å². The second-order valence-electron chi connectivity index (χ2n) is 6.36. The monoisotopic (exact) mass is 353 g/mol. The predicted octanol–water partition coefficient (Wildman–Crippen LogP) is 2.42. The van der Waals surface area contributed by atoms with Gasteiger partial charge >= 0.3 is 0 Å². The normalized spacial score (nSPS) is 12.1. The number of aliphatic hydroxyl groups is 1. The number of benzene rings is 2. The summed E-state index contributed by atoms with van der Waals surface area (Å²) in [6.45, 7) is 4.54. The van der Waals surface area contributed by atoms with Crippen LogP contribution in [0.25, 0.3) is 11.0 Å². The van der Waals surface area contributed by atoms with Crippen LogP contribution in [0.5, 0.6) is 5.75 Å². The molecule has 0 aliphatic rings. The number of fused-ring (bicyclic) bond motifs is 1. The lowest BCUT2D eigenvalue weighted by Gasteiger charge is -2.15. The molecule has 0 saturated carbocycles. The van der Waals surface area contributed by atoms with E-state index in [1.54, 1.807) is 6.33 Å². The topological polar surface area (TPSA) is 76.4 Å². The fourth-order valence-electron chi connectivity index (χ4n) is 2.83. The zero-order chi connectivity index (χ0) is 18.5. The smallest absolute Gasteiger partial charge is 0.217 e. The van der Waals surface area contributed by atoms with Crippen molar-refractivity contribution in [3.05, 3.63) is 59.9 Å². The molecule has 6 heteroatoms. The molecule has 6 nitrogen and oxygen atoms in total. The molecular formula is C20H23N3O3. The Morgan fingerprint density at radius 3 is 2.88 bits per heavy atom. The number of aliphatic hydroxyl groups excluding tert-OH is 1. The number of rotatable bonds is 7. The quantitative estimate of drug-likeness (QED) is 0.684. The van der Waals surface area contributed by atoms with Crippen LogP contribution in [0.4, 0.5) is 0 Å². The summed E-state index contributed by atoms with van der Waals surface area (Å²) in [7, 11) is 0. The van der Waals surface area contributed by atoms with Crippen molar-refractivity contribution >= 4 is 16.9 Å². The Kier molecular flexibility index (Phi) is 5.53. The minimum Gasteiger partial charge on any atom is -0.491 e. The third-order valence-corrected chi connectivity index (χ3v) is 4.15. The average molecular weight is 353 g/mol. The lowest BCUT2D eigenvalue weighted by atomic mass is 10.1. The van der Waals surface area contributed by atoms with Gasteiger partial charge in [0.2, 0.25) is 5.91 Å². The van der Waals surface area contributed by atoms with Crippen LogP contribution in [0.2, 0.25) is 0 Å². The minimum atomic E-state index is -0.647. The summed E-state index contributed by atoms with van der Waals surface area (Å²) < 4.78 is 7.69. The van der Waals surface area contributed by atoms with Crippen LogP contribution in [0.1, 0.15) is 18.1 Å². The number of imidazole rings is 1. The van der Waals surface area contributed by atoms with E-state index in [4.69, 9.17) is 4.74 Å². The Bertz CT molecular complexity index is 904. The van der Waals surface area contributed by atoms with Crippen molar-refractivity contribution in [1.29, 1.82) is 0 Å². The number of hydrogen-bond donors (Lipinski definition) is 2. The number of amides is 1. The van der Waals surface area contributed by atoms with Crippen LogP contribution >= 0.6 is 0 Å². The first-order valence-corrected chi connectivity index (χ1v) is 8.57. The average Bonchev–Trinajstić information content (AvgIpc) is 3.02. The Balaban J connectivity index is 1.57. The zero-order valence-corrected chi connectivity index (χ0v) is 15.0. The molecule has 3 aromatic rings.